The molecule has 1 N–H and O–H groups in total. The molecule has 2 heterocycles. The number of aromatic nitrogens is 4. The molecule has 1 amide bonds. The SMILES string of the molecule is O=C(Cn1nc(C(F)(F)F)c2c1CCCC2)N[C@@H](Cc1ccccc1)c1nccn1-c1ccccc1. The molecule has 186 valence electrons. The van der Waals surface area contributed by atoms with Crippen LogP contribution in [0.4, 0.5) is 13.2 Å². The second-order valence-corrected chi connectivity index (χ2v) is 8.94. The summed E-state index contributed by atoms with van der Waals surface area (Å²) in [6, 6.07) is 18.9. The highest BCUT2D eigenvalue weighted by molar-refractivity contribution is 5.76. The van der Waals surface area contributed by atoms with Crippen molar-refractivity contribution in [3.05, 3.63) is 101 Å². The van der Waals surface area contributed by atoms with Gasteiger partial charge in [-0.1, -0.05) is 48.5 Å². The Morgan fingerprint density at radius 2 is 1.69 bits per heavy atom. The Morgan fingerprint density at radius 3 is 2.42 bits per heavy atom. The van der Waals surface area contributed by atoms with Gasteiger partial charge in [0.2, 0.25) is 5.91 Å². The van der Waals surface area contributed by atoms with Crippen molar-refractivity contribution in [3.63, 3.8) is 0 Å². The Kier molecular flexibility index (Phi) is 6.63. The molecule has 1 aliphatic carbocycles. The molecule has 1 atom stereocenters. The first-order chi connectivity index (χ1) is 17.4. The normalized spacial score (nSPS) is 14.3. The van der Waals surface area contributed by atoms with Crippen LogP contribution in [0.2, 0.25) is 0 Å². The Bertz CT molecular complexity index is 1330. The van der Waals surface area contributed by atoms with E-state index in [9.17, 15) is 18.0 Å². The molecule has 36 heavy (non-hydrogen) atoms. The molecule has 1 aliphatic rings. The van der Waals surface area contributed by atoms with Crippen molar-refractivity contribution >= 4 is 5.91 Å². The number of nitrogens with one attached hydrogen (secondary N) is 1. The molecule has 4 aromatic rings. The van der Waals surface area contributed by atoms with Crippen LogP contribution in [-0.2, 0) is 36.8 Å². The third kappa shape index (κ3) is 5.05. The average molecular weight is 494 g/mol. The van der Waals surface area contributed by atoms with Crippen molar-refractivity contribution in [2.24, 2.45) is 0 Å². The fourth-order valence-corrected chi connectivity index (χ4v) is 4.84. The number of alkyl halides is 3. The van der Waals surface area contributed by atoms with Crippen LogP contribution in [0, 0.1) is 0 Å². The van der Waals surface area contributed by atoms with Gasteiger partial charge in [-0.15, -0.1) is 0 Å². The van der Waals surface area contributed by atoms with E-state index in [1.165, 1.54) is 4.68 Å². The van der Waals surface area contributed by atoms with E-state index >= 15 is 0 Å². The van der Waals surface area contributed by atoms with E-state index in [-0.39, 0.29) is 12.1 Å². The molecule has 0 aliphatic heterocycles. The first kappa shape index (κ1) is 23.8. The van der Waals surface area contributed by atoms with Crippen molar-refractivity contribution in [1.29, 1.82) is 0 Å². The third-order valence-corrected chi connectivity index (χ3v) is 6.45. The van der Waals surface area contributed by atoms with Crippen molar-refractivity contribution in [2.75, 3.05) is 0 Å². The summed E-state index contributed by atoms with van der Waals surface area (Å²) in [5, 5.41) is 6.85. The lowest BCUT2D eigenvalue weighted by atomic mass is 9.95. The lowest BCUT2D eigenvalue weighted by molar-refractivity contribution is -0.142. The smallest absolute Gasteiger partial charge is 0.344 e. The molecule has 2 aromatic carbocycles. The lowest BCUT2D eigenvalue weighted by Crippen LogP contribution is -2.35. The number of carbonyl (C=O) groups is 1. The summed E-state index contributed by atoms with van der Waals surface area (Å²) in [6.07, 6.45) is 1.72. The molecule has 2 aromatic heterocycles. The number of nitrogens with zero attached hydrogens (tertiary/aromatic N) is 4. The number of carbonyl (C=O) groups excluding carboxylic acids is 1. The summed E-state index contributed by atoms with van der Waals surface area (Å²) in [5.74, 6) is 0.222. The van der Waals surface area contributed by atoms with Gasteiger partial charge in [0, 0.05) is 29.3 Å². The highest BCUT2D eigenvalue weighted by Crippen LogP contribution is 2.35. The summed E-state index contributed by atoms with van der Waals surface area (Å²) in [7, 11) is 0. The summed E-state index contributed by atoms with van der Waals surface area (Å²) >= 11 is 0. The molecule has 5 rings (SSSR count). The average Bonchev–Trinajstić information content (AvgIpc) is 3.50. The Balaban J connectivity index is 1.43. The van der Waals surface area contributed by atoms with Crippen molar-refractivity contribution in [3.8, 4) is 5.69 Å². The number of para-hydroxylation sites is 1. The predicted molar refractivity (Wildman–Crippen MR) is 128 cm³/mol. The van der Waals surface area contributed by atoms with Gasteiger partial charge >= 0.3 is 6.18 Å². The Morgan fingerprint density at radius 1 is 1.00 bits per heavy atom. The maximum absolute atomic E-state index is 13.6. The number of amides is 1. The molecule has 9 heteroatoms. The van der Waals surface area contributed by atoms with Gasteiger partial charge in [-0.25, -0.2) is 4.98 Å². The molecule has 0 saturated heterocycles. The van der Waals surface area contributed by atoms with Crippen LogP contribution in [0.5, 0.6) is 0 Å². The van der Waals surface area contributed by atoms with E-state index in [0.29, 0.717) is 37.2 Å². The Hall–Kier alpha value is -3.88. The minimum absolute atomic E-state index is 0.224. The van der Waals surface area contributed by atoms with Crippen LogP contribution in [-0.4, -0.2) is 25.2 Å². The highest BCUT2D eigenvalue weighted by Gasteiger charge is 2.39. The second-order valence-electron chi connectivity index (χ2n) is 8.94. The van der Waals surface area contributed by atoms with Crippen molar-refractivity contribution in [2.45, 2.75) is 50.9 Å². The summed E-state index contributed by atoms with van der Waals surface area (Å²) in [5.41, 5.74) is 1.76. The van der Waals surface area contributed by atoms with Crippen LogP contribution < -0.4 is 5.32 Å². The van der Waals surface area contributed by atoms with Gasteiger partial charge in [0.1, 0.15) is 12.4 Å². The lowest BCUT2D eigenvalue weighted by Gasteiger charge is -2.21. The minimum Gasteiger partial charge on any atom is -0.344 e. The minimum atomic E-state index is -4.54. The zero-order chi connectivity index (χ0) is 25.1. The number of halogens is 3. The maximum atomic E-state index is 13.6. The molecule has 6 nitrogen and oxygen atoms in total. The van der Waals surface area contributed by atoms with Crippen LogP contribution in [0.15, 0.2) is 73.1 Å². The summed E-state index contributed by atoms with van der Waals surface area (Å²) < 4.78 is 43.9. The number of hydrogen-bond acceptors (Lipinski definition) is 3. The number of imidazole rings is 1. The van der Waals surface area contributed by atoms with E-state index in [1.807, 2.05) is 71.4 Å². The largest absolute Gasteiger partial charge is 0.435 e. The first-order valence-corrected chi connectivity index (χ1v) is 12.0. The van der Waals surface area contributed by atoms with Gasteiger partial charge in [0.25, 0.3) is 0 Å². The van der Waals surface area contributed by atoms with Gasteiger partial charge in [-0.3, -0.25) is 9.48 Å². The van der Waals surface area contributed by atoms with E-state index in [0.717, 1.165) is 17.7 Å². The van der Waals surface area contributed by atoms with E-state index in [1.54, 1.807) is 6.20 Å². The summed E-state index contributed by atoms with van der Waals surface area (Å²) in [6.45, 7) is -0.282. The van der Waals surface area contributed by atoms with Gasteiger partial charge in [-0.05, 0) is 49.8 Å². The second kappa shape index (κ2) is 10.0. The molecule has 0 saturated carbocycles. The monoisotopic (exact) mass is 493 g/mol. The molecule has 0 unspecified atom stereocenters. The molecular weight excluding hydrogens is 467 g/mol. The van der Waals surface area contributed by atoms with Crippen molar-refractivity contribution < 1.29 is 18.0 Å². The zero-order valence-corrected chi connectivity index (χ0v) is 19.6. The highest BCUT2D eigenvalue weighted by atomic mass is 19.4. The standard InChI is InChI=1S/C27H26F3N5O/c28-27(29,30)25-21-13-7-8-14-23(21)35(33-25)18-24(36)32-22(17-19-9-3-1-4-10-19)26-31-15-16-34(26)20-11-5-2-6-12-20/h1-6,9-12,15-16,22H,7-8,13-14,17-18H2,(H,32,36)/t22-/m0/s1. The molecule has 0 fully saturated rings. The van der Waals surface area contributed by atoms with Gasteiger partial charge in [-0.2, -0.15) is 18.3 Å². The van der Waals surface area contributed by atoms with Crippen LogP contribution in [0.3, 0.4) is 0 Å². The topological polar surface area (TPSA) is 64.7 Å². The van der Waals surface area contributed by atoms with E-state index in [2.05, 4.69) is 15.4 Å². The third-order valence-electron chi connectivity index (χ3n) is 6.45. The molecule has 0 spiro atoms. The van der Waals surface area contributed by atoms with Gasteiger partial charge in [0.05, 0.1) is 6.04 Å². The van der Waals surface area contributed by atoms with Crippen LogP contribution >= 0.6 is 0 Å². The van der Waals surface area contributed by atoms with Crippen LogP contribution in [0.25, 0.3) is 5.69 Å². The zero-order valence-electron chi connectivity index (χ0n) is 19.6. The van der Waals surface area contributed by atoms with Crippen molar-refractivity contribution in [1.82, 2.24) is 24.6 Å². The number of benzene rings is 2. The number of hydrogen-bond donors (Lipinski definition) is 1. The van der Waals surface area contributed by atoms with Crippen LogP contribution in [0.1, 0.15) is 47.2 Å². The molecular formula is C27H26F3N5O. The Labute approximate surface area is 206 Å². The maximum Gasteiger partial charge on any atom is 0.435 e. The van der Waals surface area contributed by atoms with E-state index < -0.39 is 23.8 Å². The summed E-state index contributed by atoms with van der Waals surface area (Å²) in [4.78, 5) is 17.7. The predicted octanol–water partition coefficient (Wildman–Crippen LogP) is 5.07. The number of fused-ring (bicyclic) bond motifs is 1. The molecule has 0 bridgehead atoms. The quantitative estimate of drug-likeness (QED) is 0.391. The van der Waals surface area contributed by atoms with Gasteiger partial charge in [0.15, 0.2) is 5.69 Å². The number of rotatable bonds is 7. The van der Waals surface area contributed by atoms with Gasteiger partial charge < -0.3 is 9.88 Å². The first-order valence-electron chi connectivity index (χ1n) is 12.0. The fourth-order valence-electron chi connectivity index (χ4n) is 4.84. The molecule has 0 radical (unpaired) electrons. The fraction of sp³-hybridized carbons (Fsp3) is 0.296. The van der Waals surface area contributed by atoms with E-state index in [4.69, 9.17) is 0 Å².